The van der Waals surface area contributed by atoms with Gasteiger partial charge in [-0.15, -0.1) is 0 Å². The molecule has 1 N–H and O–H groups in total. The minimum atomic E-state index is -0.335. The van der Waals surface area contributed by atoms with Crippen molar-refractivity contribution >= 4 is 28.1 Å². The average Bonchev–Trinajstić information content (AvgIpc) is 2.84. The molecule has 0 aliphatic heterocycles. The number of nitrogens with zero attached hydrogens (tertiary/aromatic N) is 1. The van der Waals surface area contributed by atoms with Crippen molar-refractivity contribution in [1.29, 1.82) is 0 Å². The van der Waals surface area contributed by atoms with E-state index in [1.807, 2.05) is 17.8 Å². The molecule has 4 nitrogen and oxygen atoms in total. The Morgan fingerprint density at radius 3 is 2.56 bits per heavy atom. The lowest BCUT2D eigenvalue weighted by atomic mass is 10.0. The van der Waals surface area contributed by atoms with Gasteiger partial charge in [0.1, 0.15) is 0 Å². The zero-order chi connectivity index (χ0) is 13.6. The molecule has 102 valence electrons. The zero-order valence-corrected chi connectivity index (χ0v) is 12.7. The standard InChI is InChI=1S/C12H20N2O2S2/c1-4-12(5-2,17-3)9-13-8-10-6-7-11(18-10)14(15)16/h6-7,13H,4-5,8-9H2,1-3H3. The summed E-state index contributed by atoms with van der Waals surface area (Å²) in [6.45, 7) is 6.06. The molecule has 0 unspecified atom stereocenters. The van der Waals surface area contributed by atoms with Crippen molar-refractivity contribution in [2.75, 3.05) is 12.8 Å². The predicted octanol–water partition coefficient (Wildman–Crippen LogP) is 3.67. The van der Waals surface area contributed by atoms with Crippen LogP contribution in [0.1, 0.15) is 31.6 Å². The van der Waals surface area contributed by atoms with Gasteiger partial charge < -0.3 is 5.32 Å². The Kier molecular flexibility index (Phi) is 6.11. The zero-order valence-electron chi connectivity index (χ0n) is 11.1. The maximum absolute atomic E-state index is 10.6. The molecule has 0 aliphatic rings. The lowest BCUT2D eigenvalue weighted by Crippen LogP contribution is -2.36. The topological polar surface area (TPSA) is 55.2 Å². The third-order valence-corrected chi connectivity index (χ3v) is 5.92. The summed E-state index contributed by atoms with van der Waals surface area (Å²) < 4.78 is 0.281. The van der Waals surface area contributed by atoms with Crippen molar-refractivity contribution in [3.63, 3.8) is 0 Å². The summed E-state index contributed by atoms with van der Waals surface area (Å²) in [6.07, 6.45) is 4.40. The number of nitro groups is 1. The molecule has 1 rings (SSSR count). The van der Waals surface area contributed by atoms with Crippen LogP contribution in [0.5, 0.6) is 0 Å². The van der Waals surface area contributed by atoms with Gasteiger partial charge in [0.15, 0.2) is 0 Å². The van der Waals surface area contributed by atoms with Crippen LogP contribution in [0.25, 0.3) is 0 Å². The van der Waals surface area contributed by atoms with Crippen molar-refractivity contribution in [3.8, 4) is 0 Å². The molecular formula is C12H20N2O2S2. The minimum absolute atomic E-state index is 0.217. The Morgan fingerprint density at radius 2 is 2.11 bits per heavy atom. The Morgan fingerprint density at radius 1 is 1.44 bits per heavy atom. The second-order valence-corrected chi connectivity index (χ2v) is 6.62. The lowest BCUT2D eigenvalue weighted by molar-refractivity contribution is -0.380. The molecule has 0 aromatic carbocycles. The molecule has 0 amide bonds. The number of rotatable bonds is 8. The largest absolute Gasteiger partial charge is 0.324 e. The SMILES string of the molecule is CCC(CC)(CNCc1ccc([N+](=O)[O-])s1)SC. The highest BCUT2D eigenvalue weighted by Crippen LogP contribution is 2.30. The van der Waals surface area contributed by atoms with Gasteiger partial charge in [-0.3, -0.25) is 10.1 Å². The van der Waals surface area contributed by atoms with Gasteiger partial charge in [-0.05, 0) is 25.2 Å². The fourth-order valence-electron chi connectivity index (χ4n) is 1.83. The van der Waals surface area contributed by atoms with E-state index in [1.54, 1.807) is 6.07 Å². The number of hydrogen-bond donors (Lipinski definition) is 1. The van der Waals surface area contributed by atoms with Crippen molar-refractivity contribution in [1.82, 2.24) is 5.32 Å². The first kappa shape index (κ1) is 15.5. The van der Waals surface area contributed by atoms with Crippen LogP contribution < -0.4 is 5.32 Å². The van der Waals surface area contributed by atoms with Gasteiger partial charge in [-0.2, -0.15) is 11.8 Å². The summed E-state index contributed by atoms with van der Waals surface area (Å²) in [7, 11) is 0. The summed E-state index contributed by atoms with van der Waals surface area (Å²) in [5.41, 5.74) is 0. The highest BCUT2D eigenvalue weighted by molar-refractivity contribution is 8.00. The fraction of sp³-hybridized carbons (Fsp3) is 0.667. The summed E-state index contributed by atoms with van der Waals surface area (Å²) in [5, 5.41) is 14.2. The Labute approximate surface area is 116 Å². The molecule has 0 radical (unpaired) electrons. The second-order valence-electron chi connectivity index (χ2n) is 4.19. The molecule has 1 heterocycles. The van der Waals surface area contributed by atoms with Gasteiger partial charge in [0, 0.05) is 28.8 Å². The number of nitrogens with one attached hydrogen (secondary N) is 1. The molecule has 18 heavy (non-hydrogen) atoms. The van der Waals surface area contributed by atoms with Crippen LogP contribution in [-0.4, -0.2) is 22.5 Å². The second kappa shape index (κ2) is 7.11. The van der Waals surface area contributed by atoms with Crippen LogP contribution in [0.15, 0.2) is 12.1 Å². The molecule has 0 atom stereocenters. The van der Waals surface area contributed by atoms with Gasteiger partial charge in [0.2, 0.25) is 0 Å². The van der Waals surface area contributed by atoms with E-state index in [1.165, 1.54) is 11.3 Å². The molecule has 1 aromatic heterocycles. The van der Waals surface area contributed by atoms with Gasteiger partial charge in [0.05, 0.1) is 4.92 Å². The first-order chi connectivity index (χ1) is 8.56. The highest BCUT2D eigenvalue weighted by atomic mass is 32.2. The van der Waals surface area contributed by atoms with Gasteiger partial charge in [-0.1, -0.05) is 25.2 Å². The third-order valence-electron chi connectivity index (χ3n) is 3.30. The van der Waals surface area contributed by atoms with E-state index >= 15 is 0 Å². The summed E-state index contributed by atoms with van der Waals surface area (Å²) in [4.78, 5) is 11.3. The molecule has 0 spiro atoms. The Hall–Kier alpha value is -0.590. The first-order valence-corrected chi connectivity index (χ1v) is 8.10. The van der Waals surface area contributed by atoms with E-state index in [0.717, 1.165) is 24.3 Å². The predicted molar refractivity (Wildman–Crippen MR) is 79.5 cm³/mol. The normalized spacial score (nSPS) is 11.7. The van der Waals surface area contributed by atoms with Crippen LogP contribution in [0.3, 0.4) is 0 Å². The maximum Gasteiger partial charge on any atom is 0.324 e. The van der Waals surface area contributed by atoms with Crippen LogP contribution in [0.4, 0.5) is 5.00 Å². The average molecular weight is 288 g/mol. The van der Waals surface area contributed by atoms with Gasteiger partial charge in [-0.25, -0.2) is 0 Å². The molecular weight excluding hydrogens is 268 g/mol. The van der Waals surface area contributed by atoms with Gasteiger partial charge in [0.25, 0.3) is 0 Å². The molecule has 6 heteroatoms. The molecule has 1 aromatic rings. The maximum atomic E-state index is 10.6. The van der Waals surface area contributed by atoms with Crippen LogP contribution in [-0.2, 0) is 6.54 Å². The van der Waals surface area contributed by atoms with Crippen molar-refractivity contribution in [3.05, 3.63) is 27.1 Å². The van der Waals surface area contributed by atoms with E-state index in [4.69, 9.17) is 0 Å². The van der Waals surface area contributed by atoms with Gasteiger partial charge >= 0.3 is 5.00 Å². The lowest BCUT2D eigenvalue weighted by Gasteiger charge is -2.29. The third kappa shape index (κ3) is 3.96. The van der Waals surface area contributed by atoms with Crippen LogP contribution >= 0.6 is 23.1 Å². The Balaban J connectivity index is 2.47. The smallest absolute Gasteiger partial charge is 0.310 e. The van der Waals surface area contributed by atoms with E-state index in [9.17, 15) is 10.1 Å². The van der Waals surface area contributed by atoms with Crippen molar-refractivity contribution < 1.29 is 4.92 Å². The van der Waals surface area contributed by atoms with Crippen LogP contribution in [0, 0.1) is 10.1 Å². The summed E-state index contributed by atoms with van der Waals surface area (Å²) in [5.74, 6) is 0. The van der Waals surface area contributed by atoms with E-state index in [0.29, 0.717) is 6.54 Å². The quantitative estimate of drug-likeness (QED) is 0.586. The summed E-state index contributed by atoms with van der Waals surface area (Å²) >= 11 is 3.14. The number of thioether (sulfide) groups is 1. The number of thiophene rings is 1. The van der Waals surface area contributed by atoms with E-state index < -0.39 is 0 Å². The monoisotopic (exact) mass is 288 g/mol. The summed E-state index contributed by atoms with van der Waals surface area (Å²) in [6, 6.07) is 3.40. The molecule has 0 aliphatic carbocycles. The molecule has 0 fully saturated rings. The van der Waals surface area contributed by atoms with Crippen LogP contribution in [0.2, 0.25) is 0 Å². The van der Waals surface area contributed by atoms with Crippen molar-refractivity contribution in [2.45, 2.75) is 38.0 Å². The van der Waals surface area contributed by atoms with E-state index in [-0.39, 0.29) is 14.7 Å². The molecule has 0 saturated heterocycles. The fourth-order valence-corrected chi connectivity index (χ4v) is 3.45. The first-order valence-electron chi connectivity index (χ1n) is 6.06. The minimum Gasteiger partial charge on any atom is -0.310 e. The number of hydrogen-bond acceptors (Lipinski definition) is 5. The Bertz CT molecular complexity index is 381. The highest BCUT2D eigenvalue weighted by Gasteiger charge is 2.24. The molecule has 0 bridgehead atoms. The van der Waals surface area contributed by atoms with Crippen molar-refractivity contribution in [2.24, 2.45) is 0 Å². The molecule has 0 saturated carbocycles. The van der Waals surface area contributed by atoms with E-state index in [2.05, 4.69) is 25.4 Å².